The summed E-state index contributed by atoms with van der Waals surface area (Å²) < 4.78 is 24.1. The average molecular weight is 334 g/mol. The van der Waals surface area contributed by atoms with Gasteiger partial charge in [-0.2, -0.15) is 0 Å². The van der Waals surface area contributed by atoms with E-state index >= 15 is 0 Å². The molecule has 0 aliphatic rings. The van der Waals surface area contributed by atoms with E-state index in [0.29, 0.717) is 5.75 Å². The number of carboxylic acids is 1. The summed E-state index contributed by atoms with van der Waals surface area (Å²) in [5, 5.41) is 18.8. The van der Waals surface area contributed by atoms with Crippen LogP contribution in [0.1, 0.15) is 19.4 Å². The predicted molar refractivity (Wildman–Crippen MR) is 85.4 cm³/mol. The highest BCUT2D eigenvalue weighted by molar-refractivity contribution is 5.78. The molecule has 2 aromatic rings. The second-order valence-corrected chi connectivity index (χ2v) is 5.59. The fraction of sp³-hybridized carbons (Fsp3) is 0.278. The number of ether oxygens (including phenoxy) is 2. The molecule has 0 bridgehead atoms. The number of phenolic OH excluding ortho intramolecular Hbond substituents is 1. The van der Waals surface area contributed by atoms with Gasteiger partial charge in [0.2, 0.25) is 5.60 Å². The summed E-state index contributed by atoms with van der Waals surface area (Å²) in [6, 6.07) is 11.5. The van der Waals surface area contributed by atoms with E-state index in [1.165, 1.54) is 43.3 Å². The molecule has 128 valence electrons. The summed E-state index contributed by atoms with van der Waals surface area (Å²) in [4.78, 5) is 11.7. The first-order valence-electron chi connectivity index (χ1n) is 7.39. The van der Waals surface area contributed by atoms with Gasteiger partial charge in [-0.25, -0.2) is 9.18 Å². The van der Waals surface area contributed by atoms with Gasteiger partial charge in [-0.3, -0.25) is 0 Å². The van der Waals surface area contributed by atoms with E-state index in [4.69, 9.17) is 9.47 Å². The maximum Gasteiger partial charge on any atom is 0.350 e. The van der Waals surface area contributed by atoms with Crippen LogP contribution in [0.2, 0.25) is 0 Å². The number of carboxylic acid groups (broad SMARTS) is 1. The van der Waals surface area contributed by atoms with Crippen LogP contribution in [0.4, 0.5) is 4.39 Å². The second-order valence-electron chi connectivity index (χ2n) is 5.59. The Morgan fingerprint density at radius 3 is 2.29 bits per heavy atom. The van der Waals surface area contributed by atoms with E-state index in [9.17, 15) is 19.4 Å². The van der Waals surface area contributed by atoms with Gasteiger partial charge in [-0.05, 0) is 55.8 Å². The van der Waals surface area contributed by atoms with E-state index in [0.717, 1.165) is 5.56 Å². The molecule has 0 saturated carbocycles. The largest absolute Gasteiger partial charge is 0.508 e. The number of rotatable bonds is 7. The molecule has 0 radical (unpaired) electrons. The molecule has 0 amide bonds. The van der Waals surface area contributed by atoms with Crippen LogP contribution in [0.5, 0.6) is 11.5 Å². The van der Waals surface area contributed by atoms with Gasteiger partial charge in [0.15, 0.2) is 0 Å². The highest BCUT2D eigenvalue weighted by Crippen LogP contribution is 2.26. The predicted octanol–water partition coefficient (Wildman–Crippen LogP) is 3.36. The Kier molecular flexibility index (Phi) is 5.41. The highest BCUT2D eigenvalue weighted by atomic mass is 19.1. The lowest BCUT2D eigenvalue weighted by Gasteiger charge is -2.32. The topological polar surface area (TPSA) is 76.0 Å². The fourth-order valence-electron chi connectivity index (χ4n) is 2.02. The van der Waals surface area contributed by atoms with E-state index in [2.05, 4.69) is 0 Å². The number of aliphatic carboxylic acids is 1. The van der Waals surface area contributed by atoms with Crippen molar-refractivity contribution in [3.05, 3.63) is 59.9 Å². The molecule has 2 N–H and O–H groups in total. The minimum Gasteiger partial charge on any atom is -0.508 e. The molecule has 2 aromatic carbocycles. The van der Waals surface area contributed by atoms with Crippen molar-refractivity contribution in [1.82, 2.24) is 0 Å². The van der Waals surface area contributed by atoms with Crippen LogP contribution >= 0.6 is 0 Å². The van der Waals surface area contributed by atoms with Crippen molar-refractivity contribution in [3.63, 3.8) is 0 Å². The smallest absolute Gasteiger partial charge is 0.350 e. The molecular formula is C18H19FO5. The van der Waals surface area contributed by atoms with Crippen LogP contribution in [0.15, 0.2) is 48.5 Å². The number of phenols is 1. The molecule has 0 aromatic heterocycles. The van der Waals surface area contributed by atoms with Gasteiger partial charge in [0.05, 0.1) is 6.61 Å². The average Bonchev–Trinajstić information content (AvgIpc) is 2.56. The van der Waals surface area contributed by atoms with Crippen molar-refractivity contribution in [2.75, 3.05) is 0 Å². The first kappa shape index (κ1) is 17.7. The quantitative estimate of drug-likeness (QED) is 0.812. The monoisotopic (exact) mass is 334 g/mol. The van der Waals surface area contributed by atoms with Crippen LogP contribution in [0, 0.1) is 5.82 Å². The molecule has 24 heavy (non-hydrogen) atoms. The van der Waals surface area contributed by atoms with Crippen LogP contribution < -0.4 is 4.74 Å². The zero-order valence-electron chi connectivity index (χ0n) is 13.4. The number of benzene rings is 2. The SMILES string of the molecule is CC(OCc1ccc(F)cc1)C(C)(Oc1ccc(O)cc1)C(=O)O. The van der Waals surface area contributed by atoms with Gasteiger partial charge in [0, 0.05) is 0 Å². The molecule has 0 aliphatic carbocycles. The Bertz CT molecular complexity index is 684. The maximum absolute atomic E-state index is 12.9. The van der Waals surface area contributed by atoms with Crippen LogP contribution in [-0.4, -0.2) is 27.9 Å². The molecule has 0 saturated heterocycles. The lowest BCUT2D eigenvalue weighted by atomic mass is 10.00. The molecular weight excluding hydrogens is 315 g/mol. The van der Waals surface area contributed by atoms with Gasteiger partial charge in [-0.15, -0.1) is 0 Å². The van der Waals surface area contributed by atoms with Crippen molar-refractivity contribution >= 4 is 5.97 Å². The minimum atomic E-state index is -1.63. The Hall–Kier alpha value is -2.60. The molecule has 0 heterocycles. The maximum atomic E-state index is 12.9. The standard InChI is InChI=1S/C18H19FO5/c1-12(23-11-13-3-5-14(19)6-4-13)18(2,17(21)22)24-16-9-7-15(20)8-10-16/h3-10,12,20H,11H2,1-2H3,(H,21,22). The van der Waals surface area contributed by atoms with Crippen molar-refractivity contribution in [2.45, 2.75) is 32.2 Å². The Balaban J connectivity index is 2.08. The van der Waals surface area contributed by atoms with Crippen LogP contribution in [-0.2, 0) is 16.1 Å². The Morgan fingerprint density at radius 2 is 1.75 bits per heavy atom. The molecule has 2 rings (SSSR count). The van der Waals surface area contributed by atoms with Gasteiger partial charge in [-0.1, -0.05) is 12.1 Å². The lowest BCUT2D eigenvalue weighted by Crippen LogP contribution is -2.51. The summed E-state index contributed by atoms with van der Waals surface area (Å²) in [5.74, 6) is -1.17. The molecule has 0 aliphatic heterocycles. The van der Waals surface area contributed by atoms with Gasteiger partial charge in [0.1, 0.15) is 23.4 Å². The number of carbonyl (C=O) groups is 1. The molecule has 2 unspecified atom stereocenters. The highest BCUT2D eigenvalue weighted by Gasteiger charge is 2.42. The van der Waals surface area contributed by atoms with E-state index in [1.807, 2.05) is 0 Å². The normalized spacial score (nSPS) is 14.6. The number of hydrogen-bond acceptors (Lipinski definition) is 4. The second kappa shape index (κ2) is 7.31. The van der Waals surface area contributed by atoms with Gasteiger partial charge in [0.25, 0.3) is 0 Å². The third-order valence-electron chi connectivity index (χ3n) is 3.78. The Morgan fingerprint density at radius 1 is 1.17 bits per heavy atom. The Labute approximate surface area is 139 Å². The van der Waals surface area contributed by atoms with Gasteiger partial charge < -0.3 is 19.7 Å². The van der Waals surface area contributed by atoms with E-state index in [1.54, 1.807) is 19.1 Å². The first-order chi connectivity index (χ1) is 11.3. The number of hydrogen-bond donors (Lipinski definition) is 2. The van der Waals surface area contributed by atoms with E-state index < -0.39 is 17.7 Å². The lowest BCUT2D eigenvalue weighted by molar-refractivity contribution is -0.168. The molecule has 2 atom stereocenters. The third kappa shape index (κ3) is 4.23. The molecule has 0 fully saturated rings. The summed E-state index contributed by atoms with van der Waals surface area (Å²) in [6.07, 6.45) is -0.783. The number of aromatic hydroxyl groups is 1. The third-order valence-corrected chi connectivity index (χ3v) is 3.78. The zero-order valence-corrected chi connectivity index (χ0v) is 13.4. The fourth-order valence-corrected chi connectivity index (χ4v) is 2.02. The molecule has 5 nitrogen and oxygen atoms in total. The summed E-state index contributed by atoms with van der Waals surface area (Å²) in [7, 11) is 0. The first-order valence-corrected chi connectivity index (χ1v) is 7.39. The summed E-state index contributed by atoms with van der Waals surface area (Å²) in [6.45, 7) is 3.14. The summed E-state index contributed by atoms with van der Waals surface area (Å²) in [5.41, 5.74) is -0.905. The van der Waals surface area contributed by atoms with Crippen molar-refractivity contribution < 1.29 is 28.9 Å². The van der Waals surface area contributed by atoms with Crippen LogP contribution in [0.25, 0.3) is 0 Å². The zero-order chi connectivity index (χ0) is 17.7. The van der Waals surface area contributed by atoms with Crippen LogP contribution in [0.3, 0.4) is 0 Å². The minimum absolute atomic E-state index is 0.0555. The molecule has 0 spiro atoms. The van der Waals surface area contributed by atoms with E-state index in [-0.39, 0.29) is 18.2 Å². The van der Waals surface area contributed by atoms with Crippen molar-refractivity contribution in [3.8, 4) is 11.5 Å². The summed E-state index contributed by atoms with van der Waals surface area (Å²) >= 11 is 0. The van der Waals surface area contributed by atoms with Crippen molar-refractivity contribution in [1.29, 1.82) is 0 Å². The van der Waals surface area contributed by atoms with Crippen molar-refractivity contribution in [2.24, 2.45) is 0 Å². The number of halogens is 1. The molecule has 6 heteroatoms. The van der Waals surface area contributed by atoms with Gasteiger partial charge >= 0.3 is 5.97 Å².